The molecule has 2 amide bonds. The first kappa shape index (κ1) is 27.4. The minimum atomic E-state index is -1.03. The zero-order valence-electron chi connectivity index (χ0n) is 22.2. The number of carbonyl (C=O) groups excluding carboxylic acids is 2. The standard InChI is InChI=1S/C27H34N6O5S/c1-18-15-32(10-11-33(18)19(2)34)16-21-13-29-25(14-28-21)30-27(35)26(31-38-22-9-12-37-17-22)20-3-5-23(6-4-20)39(36)24-7-8-24/h3-6,13-14,18,22,24H,7-12,15-17H2,1-2H3,(H,29,30,35)/b31-26+/t18-,22+,39?/m0/s1. The third-order valence-electron chi connectivity index (χ3n) is 7.03. The van der Waals surface area contributed by atoms with Crippen LogP contribution in [0, 0.1) is 0 Å². The summed E-state index contributed by atoms with van der Waals surface area (Å²) in [6.07, 6.45) is 5.62. The molecule has 2 aliphatic heterocycles. The van der Waals surface area contributed by atoms with Gasteiger partial charge in [0.1, 0.15) is 0 Å². The Hall–Kier alpha value is -3.22. The summed E-state index contributed by atoms with van der Waals surface area (Å²) in [7, 11) is -1.03. The Morgan fingerprint density at radius 1 is 1.15 bits per heavy atom. The Morgan fingerprint density at radius 2 is 1.95 bits per heavy atom. The number of hydrogen-bond acceptors (Lipinski definition) is 9. The van der Waals surface area contributed by atoms with E-state index in [4.69, 9.17) is 9.57 Å². The average molecular weight is 555 g/mol. The summed E-state index contributed by atoms with van der Waals surface area (Å²) in [5.74, 6) is -0.0980. The third-order valence-corrected chi connectivity index (χ3v) is 8.85. The zero-order valence-corrected chi connectivity index (χ0v) is 23.1. The number of rotatable bonds is 9. The normalized spacial score (nSPS) is 22.9. The molecule has 3 fully saturated rings. The summed E-state index contributed by atoms with van der Waals surface area (Å²) in [5, 5.41) is 7.18. The molecule has 0 bridgehead atoms. The van der Waals surface area contributed by atoms with E-state index >= 15 is 0 Å². The van der Waals surface area contributed by atoms with Gasteiger partial charge in [-0.05, 0) is 31.9 Å². The summed E-state index contributed by atoms with van der Waals surface area (Å²) in [6.45, 7) is 7.48. The van der Waals surface area contributed by atoms with Crippen molar-refractivity contribution in [2.24, 2.45) is 5.16 Å². The highest BCUT2D eigenvalue weighted by atomic mass is 32.2. The molecule has 1 aromatic carbocycles. The van der Waals surface area contributed by atoms with Crippen molar-refractivity contribution in [3.63, 3.8) is 0 Å². The van der Waals surface area contributed by atoms with Gasteiger partial charge in [0.25, 0.3) is 5.91 Å². The van der Waals surface area contributed by atoms with Crippen LogP contribution in [0.2, 0.25) is 0 Å². The van der Waals surface area contributed by atoms with Crippen molar-refractivity contribution in [1.82, 2.24) is 19.8 Å². The van der Waals surface area contributed by atoms with E-state index in [-0.39, 0.29) is 29.0 Å². The van der Waals surface area contributed by atoms with Crippen molar-refractivity contribution >= 4 is 34.1 Å². The Morgan fingerprint density at radius 3 is 2.56 bits per heavy atom. The lowest BCUT2D eigenvalue weighted by Crippen LogP contribution is -2.53. The van der Waals surface area contributed by atoms with Crippen LogP contribution < -0.4 is 5.32 Å². The zero-order chi connectivity index (χ0) is 27.4. The molecule has 1 saturated carbocycles. The largest absolute Gasteiger partial charge is 0.389 e. The molecule has 3 heterocycles. The second-order valence-electron chi connectivity index (χ2n) is 10.2. The maximum absolute atomic E-state index is 13.3. The van der Waals surface area contributed by atoms with Gasteiger partial charge in [0.05, 0.1) is 42.1 Å². The van der Waals surface area contributed by atoms with Crippen LogP contribution in [0.15, 0.2) is 46.7 Å². The van der Waals surface area contributed by atoms with Gasteiger partial charge in [0.2, 0.25) is 5.91 Å². The number of amides is 2. The molecule has 208 valence electrons. The van der Waals surface area contributed by atoms with Crippen molar-refractivity contribution in [2.75, 3.05) is 38.2 Å². The van der Waals surface area contributed by atoms with Crippen molar-refractivity contribution in [1.29, 1.82) is 0 Å². The highest BCUT2D eigenvalue weighted by Gasteiger charge is 2.30. The molecule has 1 aliphatic carbocycles. The lowest BCUT2D eigenvalue weighted by atomic mass is 10.1. The van der Waals surface area contributed by atoms with E-state index in [0.29, 0.717) is 44.1 Å². The first-order valence-electron chi connectivity index (χ1n) is 13.3. The van der Waals surface area contributed by atoms with E-state index in [1.807, 2.05) is 11.8 Å². The summed E-state index contributed by atoms with van der Waals surface area (Å²) >= 11 is 0. The number of aromatic nitrogens is 2. The quantitative estimate of drug-likeness (QED) is 0.368. The molecular formula is C27H34N6O5S. The molecule has 3 aliphatic rings. The van der Waals surface area contributed by atoms with Crippen LogP contribution in [0.25, 0.3) is 0 Å². The Labute approximate surface area is 230 Å². The molecule has 3 atom stereocenters. The van der Waals surface area contributed by atoms with E-state index in [2.05, 4.69) is 25.3 Å². The van der Waals surface area contributed by atoms with Crippen LogP contribution in [0.4, 0.5) is 5.82 Å². The SMILES string of the molecule is CC(=O)N1CCN(Cc2cnc(NC(=O)/C(=N/O[C@@H]3CCOC3)c3ccc(S(=O)C4CC4)cc3)cn2)C[C@@H]1C. The van der Waals surface area contributed by atoms with Crippen LogP contribution in [-0.4, -0.2) is 91.7 Å². The maximum atomic E-state index is 13.3. The van der Waals surface area contributed by atoms with E-state index in [1.165, 1.54) is 6.20 Å². The predicted octanol–water partition coefficient (Wildman–Crippen LogP) is 1.95. The number of carbonyl (C=O) groups is 2. The molecule has 2 saturated heterocycles. The summed E-state index contributed by atoms with van der Waals surface area (Å²) in [5.41, 5.74) is 1.41. The molecule has 5 rings (SSSR count). The van der Waals surface area contributed by atoms with Crippen LogP contribution in [0.5, 0.6) is 0 Å². The summed E-state index contributed by atoms with van der Waals surface area (Å²) in [6, 6.07) is 7.17. The second-order valence-corrected chi connectivity index (χ2v) is 11.9. The van der Waals surface area contributed by atoms with Crippen molar-refractivity contribution in [3.05, 3.63) is 47.9 Å². The second kappa shape index (κ2) is 12.3. The molecule has 12 heteroatoms. The molecule has 2 aromatic rings. The number of hydrogen-bond donors (Lipinski definition) is 1. The smallest absolute Gasteiger partial charge is 0.279 e. The van der Waals surface area contributed by atoms with Gasteiger partial charge in [-0.1, -0.05) is 17.3 Å². The molecule has 11 nitrogen and oxygen atoms in total. The van der Waals surface area contributed by atoms with Gasteiger partial charge in [-0.2, -0.15) is 0 Å². The van der Waals surface area contributed by atoms with E-state index in [1.54, 1.807) is 37.4 Å². The first-order valence-corrected chi connectivity index (χ1v) is 14.5. The first-order chi connectivity index (χ1) is 18.9. The lowest BCUT2D eigenvalue weighted by molar-refractivity contribution is -0.133. The maximum Gasteiger partial charge on any atom is 0.279 e. The highest BCUT2D eigenvalue weighted by molar-refractivity contribution is 7.86. The van der Waals surface area contributed by atoms with Gasteiger partial charge in [0.15, 0.2) is 17.6 Å². The lowest BCUT2D eigenvalue weighted by Gasteiger charge is -2.39. The van der Waals surface area contributed by atoms with Crippen molar-refractivity contribution in [2.45, 2.75) is 61.9 Å². The predicted molar refractivity (Wildman–Crippen MR) is 146 cm³/mol. The molecule has 1 aromatic heterocycles. The van der Waals surface area contributed by atoms with Crippen molar-refractivity contribution in [3.8, 4) is 0 Å². The summed E-state index contributed by atoms with van der Waals surface area (Å²) in [4.78, 5) is 44.3. The minimum absolute atomic E-state index is 0.0915. The molecule has 1 N–H and O–H groups in total. The molecule has 39 heavy (non-hydrogen) atoms. The molecule has 0 radical (unpaired) electrons. The Kier molecular flexibility index (Phi) is 8.63. The van der Waals surface area contributed by atoms with E-state index in [9.17, 15) is 13.8 Å². The number of anilines is 1. The number of nitrogens with one attached hydrogen (secondary N) is 1. The average Bonchev–Trinajstić information content (AvgIpc) is 3.65. The van der Waals surface area contributed by atoms with Gasteiger partial charge in [0, 0.05) is 61.3 Å². The fourth-order valence-electron chi connectivity index (χ4n) is 4.72. The number of ether oxygens (including phenoxy) is 1. The number of oxime groups is 1. The van der Waals surface area contributed by atoms with Crippen LogP contribution in [0.1, 0.15) is 44.4 Å². The van der Waals surface area contributed by atoms with Gasteiger partial charge in [-0.15, -0.1) is 0 Å². The summed E-state index contributed by atoms with van der Waals surface area (Å²) < 4.78 is 17.8. The molecular weight excluding hydrogens is 520 g/mol. The van der Waals surface area contributed by atoms with Crippen LogP contribution in [0.3, 0.4) is 0 Å². The monoisotopic (exact) mass is 554 g/mol. The molecule has 0 spiro atoms. The van der Waals surface area contributed by atoms with E-state index < -0.39 is 16.7 Å². The third kappa shape index (κ3) is 7.06. The van der Waals surface area contributed by atoms with Gasteiger partial charge >= 0.3 is 0 Å². The van der Waals surface area contributed by atoms with Crippen LogP contribution >= 0.6 is 0 Å². The Balaban J connectivity index is 1.24. The van der Waals surface area contributed by atoms with Crippen molar-refractivity contribution < 1.29 is 23.4 Å². The fourth-order valence-corrected chi connectivity index (χ4v) is 6.07. The minimum Gasteiger partial charge on any atom is -0.389 e. The fraction of sp³-hybridized carbons (Fsp3) is 0.519. The van der Waals surface area contributed by atoms with Gasteiger partial charge in [-0.25, -0.2) is 4.98 Å². The van der Waals surface area contributed by atoms with Gasteiger partial charge < -0.3 is 19.8 Å². The van der Waals surface area contributed by atoms with E-state index in [0.717, 1.165) is 36.5 Å². The Bertz CT molecular complexity index is 1230. The number of benzene rings is 1. The number of nitrogens with zero attached hydrogens (tertiary/aromatic N) is 5. The highest BCUT2D eigenvalue weighted by Crippen LogP contribution is 2.30. The molecule has 1 unspecified atom stereocenters. The van der Waals surface area contributed by atoms with Crippen LogP contribution in [-0.2, 0) is 36.5 Å². The van der Waals surface area contributed by atoms with Gasteiger partial charge in [-0.3, -0.25) is 23.7 Å². The topological polar surface area (TPSA) is 126 Å². The number of piperazine rings is 1.